The Bertz CT molecular complexity index is 410. The van der Waals surface area contributed by atoms with Crippen molar-refractivity contribution in [1.82, 2.24) is 0 Å². The molecule has 0 aliphatic rings. The van der Waals surface area contributed by atoms with E-state index in [-0.39, 0.29) is 0 Å². The van der Waals surface area contributed by atoms with Crippen molar-refractivity contribution in [3.05, 3.63) is 17.7 Å². The smallest absolute Gasteiger partial charge is 0.242 e. The molecule has 94 valence electrons. The molecule has 0 bridgehead atoms. The minimum Gasteiger partial charge on any atom is -0.542 e. The highest BCUT2D eigenvalue weighted by Crippen LogP contribution is 2.39. The number of carbonyl (C=O) groups excluding carboxylic acids is 1. The molecular formula is C12H18O4Si. The van der Waals surface area contributed by atoms with Crippen LogP contribution in [0.1, 0.15) is 10.4 Å². The van der Waals surface area contributed by atoms with Crippen LogP contribution in [0.4, 0.5) is 0 Å². The molecule has 4 nitrogen and oxygen atoms in total. The Kier molecular flexibility index (Phi) is 4.17. The molecule has 0 fully saturated rings. The number of rotatable bonds is 5. The van der Waals surface area contributed by atoms with Gasteiger partial charge in [0, 0.05) is 5.56 Å². The molecule has 0 saturated heterocycles. The second-order valence-corrected chi connectivity index (χ2v) is 9.02. The van der Waals surface area contributed by atoms with Gasteiger partial charge in [0.05, 0.1) is 14.2 Å². The van der Waals surface area contributed by atoms with Gasteiger partial charge >= 0.3 is 0 Å². The van der Waals surface area contributed by atoms with Gasteiger partial charge in [-0.15, -0.1) is 0 Å². The standard InChI is InChI=1S/C12H18O4Si/c1-14-10-6-9(8-13)7-11(12(10)15-2)16-17(3,4)5/h6-8H,1-5H3. The second-order valence-electron chi connectivity index (χ2n) is 4.59. The quantitative estimate of drug-likeness (QED) is 0.598. The summed E-state index contributed by atoms with van der Waals surface area (Å²) >= 11 is 0. The van der Waals surface area contributed by atoms with E-state index in [4.69, 9.17) is 13.9 Å². The van der Waals surface area contributed by atoms with Crippen molar-refractivity contribution in [2.24, 2.45) is 0 Å². The van der Waals surface area contributed by atoms with Gasteiger partial charge in [-0.1, -0.05) is 0 Å². The first-order valence-corrected chi connectivity index (χ1v) is 8.72. The van der Waals surface area contributed by atoms with Gasteiger partial charge in [-0.3, -0.25) is 4.79 Å². The summed E-state index contributed by atoms with van der Waals surface area (Å²) in [5, 5.41) is 0. The van der Waals surface area contributed by atoms with Crippen molar-refractivity contribution < 1.29 is 18.7 Å². The maximum Gasteiger partial charge on any atom is 0.242 e. The highest BCUT2D eigenvalue weighted by Gasteiger charge is 2.21. The average Bonchev–Trinajstić information content (AvgIpc) is 2.25. The van der Waals surface area contributed by atoms with Gasteiger partial charge in [0.15, 0.2) is 11.5 Å². The average molecular weight is 254 g/mol. The molecule has 0 radical (unpaired) electrons. The molecule has 0 N–H and O–H groups in total. The Labute approximate surface area is 103 Å². The van der Waals surface area contributed by atoms with Crippen LogP contribution in [0.2, 0.25) is 19.6 Å². The van der Waals surface area contributed by atoms with Gasteiger partial charge in [0.25, 0.3) is 0 Å². The number of aldehydes is 1. The van der Waals surface area contributed by atoms with E-state index in [2.05, 4.69) is 19.6 Å². The summed E-state index contributed by atoms with van der Waals surface area (Å²) in [6.07, 6.45) is 0.763. The van der Waals surface area contributed by atoms with Crippen LogP contribution in [-0.4, -0.2) is 28.8 Å². The van der Waals surface area contributed by atoms with Crippen LogP contribution in [0.15, 0.2) is 12.1 Å². The minimum atomic E-state index is -1.77. The molecule has 1 rings (SSSR count). The summed E-state index contributed by atoms with van der Waals surface area (Å²) in [5.74, 6) is 1.60. The van der Waals surface area contributed by atoms with Crippen molar-refractivity contribution in [2.45, 2.75) is 19.6 Å². The molecule has 5 heteroatoms. The zero-order valence-electron chi connectivity index (χ0n) is 10.9. The fourth-order valence-corrected chi connectivity index (χ4v) is 2.23. The SMILES string of the molecule is COc1cc(C=O)cc(O[Si](C)(C)C)c1OC. The Balaban J connectivity index is 3.29. The third kappa shape index (κ3) is 3.49. The molecule has 0 aromatic heterocycles. The summed E-state index contributed by atoms with van der Waals surface area (Å²) in [4.78, 5) is 10.9. The molecular weight excluding hydrogens is 236 g/mol. The number of ether oxygens (including phenoxy) is 2. The molecule has 0 spiro atoms. The van der Waals surface area contributed by atoms with E-state index in [0.717, 1.165) is 6.29 Å². The zero-order chi connectivity index (χ0) is 13.1. The van der Waals surface area contributed by atoms with Crippen LogP contribution in [-0.2, 0) is 0 Å². The van der Waals surface area contributed by atoms with E-state index in [1.54, 1.807) is 19.2 Å². The van der Waals surface area contributed by atoms with Gasteiger partial charge in [-0.2, -0.15) is 0 Å². The molecule has 0 unspecified atom stereocenters. The van der Waals surface area contributed by atoms with Gasteiger partial charge in [-0.05, 0) is 31.8 Å². The number of benzene rings is 1. The van der Waals surface area contributed by atoms with Crippen LogP contribution in [0.25, 0.3) is 0 Å². The van der Waals surface area contributed by atoms with Gasteiger partial charge < -0.3 is 13.9 Å². The number of hydrogen-bond acceptors (Lipinski definition) is 4. The Hall–Kier alpha value is -1.49. The van der Waals surface area contributed by atoms with Crippen molar-refractivity contribution in [3.8, 4) is 17.2 Å². The highest BCUT2D eigenvalue weighted by atomic mass is 28.4. The lowest BCUT2D eigenvalue weighted by Gasteiger charge is -2.22. The zero-order valence-corrected chi connectivity index (χ0v) is 11.9. The molecule has 0 amide bonds. The summed E-state index contributed by atoms with van der Waals surface area (Å²) in [6, 6.07) is 3.30. The second kappa shape index (κ2) is 5.22. The maximum absolute atomic E-state index is 10.9. The van der Waals surface area contributed by atoms with Crippen LogP contribution in [0, 0.1) is 0 Å². The van der Waals surface area contributed by atoms with E-state index >= 15 is 0 Å². The highest BCUT2D eigenvalue weighted by molar-refractivity contribution is 6.70. The normalized spacial score (nSPS) is 10.9. The molecule has 0 saturated carbocycles. The number of hydrogen-bond donors (Lipinski definition) is 0. The molecule has 1 aromatic carbocycles. The molecule has 17 heavy (non-hydrogen) atoms. The molecule has 0 atom stereocenters. The molecule has 1 aromatic rings. The lowest BCUT2D eigenvalue weighted by Crippen LogP contribution is -2.29. The fourth-order valence-electron chi connectivity index (χ4n) is 1.42. The van der Waals surface area contributed by atoms with E-state index in [9.17, 15) is 4.79 Å². The summed E-state index contributed by atoms with van der Waals surface area (Å²) in [6.45, 7) is 6.19. The predicted octanol–water partition coefficient (Wildman–Crippen LogP) is 2.73. The third-order valence-electron chi connectivity index (χ3n) is 2.02. The topological polar surface area (TPSA) is 44.8 Å². The lowest BCUT2D eigenvalue weighted by atomic mass is 10.2. The monoisotopic (exact) mass is 254 g/mol. The first-order chi connectivity index (χ1) is 7.91. The first-order valence-electron chi connectivity index (χ1n) is 5.31. The lowest BCUT2D eigenvalue weighted by molar-refractivity contribution is 0.112. The number of carbonyl (C=O) groups is 1. The van der Waals surface area contributed by atoms with Crippen molar-refractivity contribution in [2.75, 3.05) is 14.2 Å². The Morgan fingerprint density at radius 1 is 1.06 bits per heavy atom. The van der Waals surface area contributed by atoms with E-state index in [1.807, 2.05) is 0 Å². The molecule has 0 aliphatic heterocycles. The largest absolute Gasteiger partial charge is 0.542 e. The van der Waals surface area contributed by atoms with Gasteiger partial charge in [0.2, 0.25) is 14.1 Å². The minimum absolute atomic E-state index is 0.505. The number of methoxy groups -OCH3 is 2. The van der Waals surface area contributed by atoms with E-state index in [1.165, 1.54) is 7.11 Å². The van der Waals surface area contributed by atoms with Crippen LogP contribution in [0.3, 0.4) is 0 Å². The summed E-state index contributed by atoms with van der Waals surface area (Å²) < 4.78 is 16.3. The van der Waals surface area contributed by atoms with E-state index < -0.39 is 8.32 Å². The third-order valence-corrected chi connectivity index (χ3v) is 2.85. The fraction of sp³-hybridized carbons (Fsp3) is 0.417. The Morgan fingerprint density at radius 2 is 1.65 bits per heavy atom. The first kappa shape index (κ1) is 13.6. The maximum atomic E-state index is 10.9. The predicted molar refractivity (Wildman–Crippen MR) is 68.9 cm³/mol. The summed E-state index contributed by atoms with van der Waals surface area (Å²) in [5.41, 5.74) is 0.510. The summed E-state index contributed by atoms with van der Waals surface area (Å²) in [7, 11) is 1.32. The van der Waals surface area contributed by atoms with Crippen molar-refractivity contribution in [3.63, 3.8) is 0 Å². The van der Waals surface area contributed by atoms with E-state index in [0.29, 0.717) is 22.8 Å². The van der Waals surface area contributed by atoms with Gasteiger partial charge in [0.1, 0.15) is 6.29 Å². The van der Waals surface area contributed by atoms with Crippen molar-refractivity contribution in [1.29, 1.82) is 0 Å². The van der Waals surface area contributed by atoms with Gasteiger partial charge in [-0.25, -0.2) is 0 Å². The van der Waals surface area contributed by atoms with Crippen LogP contribution < -0.4 is 13.9 Å². The molecule has 0 heterocycles. The van der Waals surface area contributed by atoms with Crippen molar-refractivity contribution >= 4 is 14.6 Å². The van der Waals surface area contributed by atoms with Crippen LogP contribution in [0.5, 0.6) is 17.2 Å². The van der Waals surface area contributed by atoms with Crippen LogP contribution >= 0.6 is 0 Å². The Morgan fingerprint density at radius 3 is 2.06 bits per heavy atom. The molecule has 0 aliphatic carbocycles.